The smallest absolute Gasteiger partial charge is 0.119 e. The van der Waals surface area contributed by atoms with E-state index in [0.29, 0.717) is 0 Å². The van der Waals surface area contributed by atoms with E-state index in [4.69, 9.17) is 4.74 Å². The molecule has 1 atom stereocenters. The maximum absolute atomic E-state index is 5.41. The number of hydrogen-bond donors (Lipinski definition) is 0. The van der Waals surface area contributed by atoms with Crippen LogP contribution in [0.1, 0.15) is 30.9 Å². The zero-order chi connectivity index (χ0) is 12.8. The van der Waals surface area contributed by atoms with Crippen molar-refractivity contribution in [1.82, 2.24) is 4.90 Å². The minimum Gasteiger partial charge on any atom is -0.497 e. The summed E-state index contributed by atoms with van der Waals surface area (Å²) in [6, 6.07) is 6.57. The summed E-state index contributed by atoms with van der Waals surface area (Å²) in [5, 5.41) is 0. The molecule has 1 heterocycles. The van der Waals surface area contributed by atoms with Gasteiger partial charge in [-0.2, -0.15) is 0 Å². The summed E-state index contributed by atoms with van der Waals surface area (Å²) in [6.07, 6.45) is 5.88. The first-order valence-electron chi connectivity index (χ1n) is 6.80. The summed E-state index contributed by atoms with van der Waals surface area (Å²) in [5.74, 6) is 0.984. The highest BCUT2D eigenvalue weighted by molar-refractivity contribution is 5.50. The van der Waals surface area contributed by atoms with Crippen LogP contribution >= 0.6 is 0 Å². The van der Waals surface area contributed by atoms with E-state index < -0.39 is 0 Å². The van der Waals surface area contributed by atoms with E-state index in [9.17, 15) is 0 Å². The first kappa shape index (κ1) is 11.6. The number of hydrogen-bond acceptors (Lipinski definition) is 2. The van der Waals surface area contributed by atoms with E-state index >= 15 is 0 Å². The molecule has 1 aliphatic carbocycles. The molecule has 0 spiro atoms. The first-order valence-corrected chi connectivity index (χ1v) is 6.80. The lowest BCUT2D eigenvalue weighted by molar-refractivity contribution is 0.408. The summed E-state index contributed by atoms with van der Waals surface area (Å²) in [7, 11) is 3.97. The molecule has 0 saturated carbocycles. The zero-order valence-electron chi connectivity index (χ0n) is 11.5. The second-order valence-corrected chi connectivity index (χ2v) is 5.42. The fraction of sp³-hybridized carbons (Fsp3) is 0.500. The highest BCUT2D eigenvalue weighted by Gasteiger charge is 2.44. The van der Waals surface area contributed by atoms with Crippen LogP contribution in [0.3, 0.4) is 0 Å². The molecule has 2 nitrogen and oxygen atoms in total. The molecule has 18 heavy (non-hydrogen) atoms. The molecule has 0 amide bonds. The monoisotopic (exact) mass is 243 g/mol. The van der Waals surface area contributed by atoms with Gasteiger partial charge in [0.1, 0.15) is 5.75 Å². The lowest BCUT2D eigenvalue weighted by atomic mass is 9.69. The van der Waals surface area contributed by atoms with Crippen molar-refractivity contribution in [2.24, 2.45) is 0 Å². The zero-order valence-corrected chi connectivity index (χ0v) is 11.5. The van der Waals surface area contributed by atoms with Crippen molar-refractivity contribution in [3.8, 4) is 5.75 Å². The Morgan fingerprint density at radius 1 is 1.39 bits per heavy atom. The van der Waals surface area contributed by atoms with Gasteiger partial charge >= 0.3 is 0 Å². The minimum atomic E-state index is 0.233. The van der Waals surface area contributed by atoms with Gasteiger partial charge in [0.2, 0.25) is 0 Å². The predicted molar refractivity (Wildman–Crippen MR) is 74.0 cm³/mol. The van der Waals surface area contributed by atoms with Crippen LogP contribution in [0.4, 0.5) is 0 Å². The van der Waals surface area contributed by atoms with Crippen molar-refractivity contribution >= 4 is 0 Å². The van der Waals surface area contributed by atoms with Gasteiger partial charge in [-0.3, -0.25) is 0 Å². The molecule has 2 aliphatic rings. The lowest BCUT2D eigenvalue weighted by Crippen LogP contribution is -2.30. The molecule has 1 aromatic carbocycles. The molecule has 1 aliphatic heterocycles. The van der Waals surface area contributed by atoms with Crippen LogP contribution in [0.2, 0.25) is 0 Å². The quantitative estimate of drug-likeness (QED) is 0.791. The van der Waals surface area contributed by atoms with Crippen LogP contribution in [0.25, 0.3) is 0 Å². The van der Waals surface area contributed by atoms with Crippen molar-refractivity contribution < 1.29 is 4.74 Å². The van der Waals surface area contributed by atoms with Crippen molar-refractivity contribution in [2.45, 2.75) is 31.6 Å². The van der Waals surface area contributed by atoms with Gasteiger partial charge in [0.15, 0.2) is 0 Å². The number of likely N-dealkylation sites (tertiary alicyclic amines) is 1. The molecule has 0 aromatic heterocycles. The molecular formula is C16H21NO. The van der Waals surface area contributed by atoms with Gasteiger partial charge < -0.3 is 9.64 Å². The molecule has 3 rings (SSSR count). The van der Waals surface area contributed by atoms with Gasteiger partial charge in [0.25, 0.3) is 0 Å². The second-order valence-electron chi connectivity index (χ2n) is 5.42. The van der Waals surface area contributed by atoms with E-state index in [2.05, 4.69) is 43.1 Å². The lowest BCUT2D eigenvalue weighted by Gasteiger charge is -2.36. The third-order valence-corrected chi connectivity index (χ3v) is 4.73. The number of fused-ring (bicyclic) bond motifs is 3. The Labute approximate surface area is 109 Å². The standard InChI is InChI=1S/C16H21NO/c1-4-16-9-10-17(2)15(16)8-6-12-5-7-13(18-3)11-14(12)16/h5,7-8,11H,4,6,9-10H2,1-3H3/t16-/m1/s1. The first-order chi connectivity index (χ1) is 8.71. The largest absolute Gasteiger partial charge is 0.497 e. The van der Waals surface area contributed by atoms with Crippen molar-refractivity contribution in [3.63, 3.8) is 0 Å². The van der Waals surface area contributed by atoms with E-state index in [1.54, 1.807) is 7.11 Å². The number of methoxy groups -OCH3 is 1. The Balaban J connectivity index is 2.17. The summed E-state index contributed by atoms with van der Waals surface area (Å²) in [4.78, 5) is 2.42. The van der Waals surface area contributed by atoms with Crippen molar-refractivity contribution in [3.05, 3.63) is 41.1 Å². The highest BCUT2D eigenvalue weighted by Crippen LogP contribution is 2.49. The Kier molecular flexibility index (Phi) is 2.61. The average molecular weight is 243 g/mol. The third kappa shape index (κ3) is 1.41. The number of benzene rings is 1. The van der Waals surface area contributed by atoms with Gasteiger partial charge in [0.05, 0.1) is 7.11 Å². The molecule has 2 heteroatoms. The Bertz CT molecular complexity index is 506. The average Bonchev–Trinajstić information content (AvgIpc) is 2.76. The predicted octanol–water partition coefficient (Wildman–Crippen LogP) is 3.12. The van der Waals surface area contributed by atoms with E-state index in [1.807, 2.05) is 0 Å². The van der Waals surface area contributed by atoms with Gasteiger partial charge in [-0.25, -0.2) is 0 Å². The van der Waals surface area contributed by atoms with Gasteiger partial charge in [-0.15, -0.1) is 0 Å². The highest BCUT2D eigenvalue weighted by atomic mass is 16.5. The Hall–Kier alpha value is -1.44. The SMILES string of the molecule is CC[C@]12CCN(C)C1=CCc1ccc(OC)cc12. The third-order valence-electron chi connectivity index (χ3n) is 4.73. The normalized spacial score (nSPS) is 25.5. The second kappa shape index (κ2) is 4.04. The van der Waals surface area contributed by atoms with Gasteiger partial charge in [0, 0.05) is 24.7 Å². The molecule has 0 unspecified atom stereocenters. The number of rotatable bonds is 2. The number of ether oxygens (including phenoxy) is 1. The number of nitrogens with zero attached hydrogens (tertiary/aromatic N) is 1. The summed E-state index contributed by atoms with van der Waals surface area (Å²) in [5.41, 5.74) is 4.71. The molecule has 0 radical (unpaired) electrons. The summed E-state index contributed by atoms with van der Waals surface area (Å²) in [6.45, 7) is 3.47. The topological polar surface area (TPSA) is 12.5 Å². The fourth-order valence-corrected chi connectivity index (χ4v) is 3.66. The van der Waals surface area contributed by atoms with E-state index in [0.717, 1.165) is 18.7 Å². The van der Waals surface area contributed by atoms with Gasteiger partial charge in [-0.05, 0) is 42.5 Å². The van der Waals surface area contributed by atoms with E-state index in [-0.39, 0.29) is 5.41 Å². The minimum absolute atomic E-state index is 0.233. The Morgan fingerprint density at radius 2 is 2.22 bits per heavy atom. The van der Waals surface area contributed by atoms with E-state index in [1.165, 1.54) is 29.7 Å². The summed E-state index contributed by atoms with van der Waals surface area (Å²) >= 11 is 0. The maximum atomic E-state index is 5.41. The van der Waals surface area contributed by atoms with Crippen molar-refractivity contribution in [2.75, 3.05) is 20.7 Å². The molecule has 0 N–H and O–H groups in total. The van der Waals surface area contributed by atoms with Crippen LogP contribution in [0.15, 0.2) is 30.0 Å². The molecule has 1 fully saturated rings. The maximum Gasteiger partial charge on any atom is 0.119 e. The Morgan fingerprint density at radius 3 is 2.94 bits per heavy atom. The van der Waals surface area contributed by atoms with Crippen LogP contribution in [0.5, 0.6) is 5.75 Å². The van der Waals surface area contributed by atoms with Gasteiger partial charge in [-0.1, -0.05) is 19.1 Å². The molecular weight excluding hydrogens is 222 g/mol. The van der Waals surface area contributed by atoms with Crippen LogP contribution in [-0.4, -0.2) is 25.6 Å². The molecule has 0 bridgehead atoms. The number of likely N-dealkylation sites (N-methyl/N-ethyl adjacent to an activating group) is 1. The summed E-state index contributed by atoms with van der Waals surface area (Å²) < 4.78 is 5.41. The fourth-order valence-electron chi connectivity index (χ4n) is 3.66. The molecule has 96 valence electrons. The van der Waals surface area contributed by atoms with Crippen LogP contribution < -0.4 is 4.74 Å². The van der Waals surface area contributed by atoms with Crippen LogP contribution in [0, 0.1) is 0 Å². The molecule has 1 aromatic rings. The molecule has 1 saturated heterocycles. The van der Waals surface area contributed by atoms with Crippen molar-refractivity contribution in [1.29, 1.82) is 0 Å². The van der Waals surface area contributed by atoms with Crippen LogP contribution in [-0.2, 0) is 11.8 Å². The number of allylic oxidation sites excluding steroid dienone is 2.